The molecule has 6 heteroatoms. The highest BCUT2D eigenvalue weighted by Crippen LogP contribution is 2.18. The molecule has 0 aromatic rings. The van der Waals surface area contributed by atoms with Gasteiger partial charge in [-0.25, -0.2) is 0 Å². The van der Waals surface area contributed by atoms with Gasteiger partial charge >= 0.3 is 0 Å². The van der Waals surface area contributed by atoms with Crippen LogP contribution in [0.25, 0.3) is 0 Å². The van der Waals surface area contributed by atoms with Crippen molar-refractivity contribution in [1.29, 1.82) is 0 Å². The van der Waals surface area contributed by atoms with Gasteiger partial charge in [0.05, 0.1) is 12.0 Å². The molecule has 1 fully saturated rings. The molecule has 5 N–H and O–H groups in total. The van der Waals surface area contributed by atoms with Crippen LogP contribution < -0.4 is 0 Å². The number of hydrogen-bond donors (Lipinski definition) is 5. The van der Waals surface area contributed by atoms with Crippen molar-refractivity contribution < 1.29 is 35.8 Å². The van der Waals surface area contributed by atoms with E-state index in [0.29, 0.717) is 0 Å². The highest BCUT2D eigenvalue weighted by atomic mass is 16.6. The number of rotatable bonds is 1. The molecule has 0 bridgehead atoms. The smallest absolute Gasteiger partial charge is 0.184 e. The highest BCUT2D eigenvalue weighted by molar-refractivity contribution is 4.87. The van der Waals surface area contributed by atoms with E-state index in [1.54, 1.807) is 0 Å². The molecule has 1 saturated heterocycles. The number of aliphatic hydroxyl groups excluding tert-OH is 3. The lowest BCUT2D eigenvalue weighted by atomic mass is 10.00. The van der Waals surface area contributed by atoms with Crippen LogP contribution in [0.4, 0.5) is 0 Å². The molecule has 1 aliphatic rings. The van der Waals surface area contributed by atoms with Crippen molar-refractivity contribution in [3.8, 4) is 0 Å². The summed E-state index contributed by atoms with van der Waals surface area (Å²) in [6, 6.07) is 0. The van der Waals surface area contributed by atoms with E-state index in [-0.39, 0.29) is 0 Å². The Kier molecular flexibility index (Phi) is 1.67. The van der Waals surface area contributed by atoms with E-state index in [1.807, 2.05) is 0 Å². The maximum absolute atomic E-state index is 9.42. The summed E-state index contributed by atoms with van der Waals surface area (Å²) in [5, 5.41) is 45.8. The Morgan fingerprint density at radius 3 is 2.33 bits per heavy atom. The summed E-state index contributed by atoms with van der Waals surface area (Å²) in [6.45, 7) is -3.54. The SMILES string of the molecule is [2H]C([2H])(O)[C@@]1([2H])OC(O)[C@H](O)[C@@H](O)[C@]1([2H])O. The Morgan fingerprint density at radius 2 is 1.83 bits per heavy atom. The fraction of sp³-hybridized carbons (Fsp3) is 1.00. The maximum atomic E-state index is 9.42. The van der Waals surface area contributed by atoms with E-state index >= 15 is 0 Å². The minimum atomic E-state index is -3.54. The lowest BCUT2D eigenvalue weighted by Gasteiger charge is -2.37. The minimum absolute atomic E-state index is 2.09. The standard InChI is InChI=1S/C6H12O6/c7-1-2-3(8)4(9)5(10)6(11)12-2/h2-11H,1H2/t2-,3-,4+,5-,6?/m1/s1/i1D2,2D,3D. The molecule has 0 saturated carbocycles. The normalized spacial score (nSPS) is 67.6. The van der Waals surface area contributed by atoms with Crippen LogP contribution in [0.3, 0.4) is 0 Å². The predicted molar refractivity (Wildman–Crippen MR) is 36.0 cm³/mol. The molecule has 72 valence electrons. The molecule has 1 heterocycles. The number of aliphatic hydroxyl groups is 5. The summed E-state index contributed by atoms with van der Waals surface area (Å²) in [7, 11) is 0. The topological polar surface area (TPSA) is 110 Å². The largest absolute Gasteiger partial charge is 0.394 e. The molecule has 0 amide bonds. The van der Waals surface area contributed by atoms with Gasteiger partial charge in [-0.05, 0) is 0 Å². The quantitative estimate of drug-likeness (QED) is 0.293. The average Bonchev–Trinajstić information content (AvgIpc) is 2.11. The predicted octanol–water partition coefficient (Wildman–Crippen LogP) is -3.22. The third-order valence-corrected chi connectivity index (χ3v) is 1.47. The van der Waals surface area contributed by atoms with Gasteiger partial charge in [0.25, 0.3) is 0 Å². The first-order chi connectivity index (χ1) is 6.95. The van der Waals surface area contributed by atoms with Crippen LogP contribution in [0.1, 0.15) is 5.48 Å². The second kappa shape index (κ2) is 3.65. The average molecular weight is 184 g/mol. The van der Waals surface area contributed by atoms with Gasteiger partial charge in [-0.3, -0.25) is 0 Å². The van der Waals surface area contributed by atoms with Gasteiger partial charge in [-0.1, -0.05) is 0 Å². The number of ether oxygens (including phenoxy) is 1. The van der Waals surface area contributed by atoms with E-state index < -0.39 is 37.2 Å². The molecule has 0 spiro atoms. The van der Waals surface area contributed by atoms with Crippen LogP contribution in [0, 0.1) is 0 Å². The van der Waals surface area contributed by atoms with Crippen molar-refractivity contribution in [3.63, 3.8) is 0 Å². The van der Waals surface area contributed by atoms with Crippen molar-refractivity contribution in [2.24, 2.45) is 0 Å². The molecular formula is C6H12O6. The first kappa shape index (κ1) is 5.48. The Morgan fingerprint density at radius 1 is 1.25 bits per heavy atom. The van der Waals surface area contributed by atoms with Gasteiger partial charge < -0.3 is 30.3 Å². The second-order valence-electron chi connectivity index (χ2n) is 2.27. The van der Waals surface area contributed by atoms with Gasteiger partial charge in [0.1, 0.15) is 24.4 Å². The summed E-state index contributed by atoms with van der Waals surface area (Å²) in [5.74, 6) is 0. The second-order valence-corrected chi connectivity index (χ2v) is 2.27. The van der Waals surface area contributed by atoms with Gasteiger partial charge in [-0.2, -0.15) is 0 Å². The first-order valence-electron chi connectivity index (χ1n) is 5.12. The van der Waals surface area contributed by atoms with Gasteiger partial charge in [0, 0.05) is 0 Å². The lowest BCUT2D eigenvalue weighted by Crippen LogP contribution is -2.58. The van der Waals surface area contributed by atoms with E-state index in [0.717, 1.165) is 0 Å². The van der Waals surface area contributed by atoms with Crippen molar-refractivity contribution in [2.75, 3.05) is 6.56 Å². The van der Waals surface area contributed by atoms with Crippen molar-refractivity contribution >= 4 is 0 Å². The maximum Gasteiger partial charge on any atom is 0.184 e. The Balaban J connectivity index is 3.20. The summed E-state index contributed by atoms with van der Waals surface area (Å²) >= 11 is 0. The summed E-state index contributed by atoms with van der Waals surface area (Å²) in [4.78, 5) is 0. The zero-order chi connectivity index (χ0) is 12.9. The third kappa shape index (κ3) is 1.58. The summed E-state index contributed by atoms with van der Waals surface area (Å²) < 4.78 is 32.4. The van der Waals surface area contributed by atoms with Crippen LogP contribution >= 0.6 is 0 Å². The van der Waals surface area contributed by atoms with Crippen molar-refractivity contribution in [2.45, 2.75) is 30.7 Å². The number of hydrogen-bond acceptors (Lipinski definition) is 6. The Bertz CT molecular complexity index is 281. The van der Waals surface area contributed by atoms with E-state index in [2.05, 4.69) is 4.74 Å². The lowest BCUT2D eigenvalue weighted by molar-refractivity contribution is -0.286. The molecule has 1 unspecified atom stereocenters. The zero-order valence-electron chi connectivity index (χ0n) is 9.88. The molecule has 0 aromatic heterocycles. The molecule has 1 rings (SSSR count). The molecule has 1 aliphatic heterocycles. The van der Waals surface area contributed by atoms with E-state index in [1.165, 1.54) is 0 Å². The van der Waals surface area contributed by atoms with Gasteiger partial charge in [0.15, 0.2) is 6.29 Å². The van der Waals surface area contributed by atoms with Crippen molar-refractivity contribution in [3.05, 3.63) is 0 Å². The fourth-order valence-electron chi connectivity index (χ4n) is 0.786. The Hall–Kier alpha value is -0.240. The molecule has 0 radical (unpaired) electrons. The molecule has 0 aromatic carbocycles. The van der Waals surface area contributed by atoms with E-state index in [4.69, 9.17) is 20.8 Å². The van der Waals surface area contributed by atoms with E-state index in [9.17, 15) is 10.2 Å². The third-order valence-electron chi connectivity index (χ3n) is 1.47. The molecule has 12 heavy (non-hydrogen) atoms. The molecule has 6 nitrogen and oxygen atoms in total. The van der Waals surface area contributed by atoms with Crippen LogP contribution in [0.5, 0.6) is 0 Å². The van der Waals surface area contributed by atoms with Crippen LogP contribution in [0.15, 0.2) is 0 Å². The summed E-state index contributed by atoms with van der Waals surface area (Å²) in [6.07, 6.45) is -13.4. The van der Waals surface area contributed by atoms with Crippen LogP contribution in [0.2, 0.25) is 0 Å². The van der Waals surface area contributed by atoms with Crippen LogP contribution in [-0.4, -0.2) is 62.7 Å². The molecule has 5 atom stereocenters. The Labute approximate surface area is 74.3 Å². The first-order valence-corrected chi connectivity index (χ1v) is 3.12. The van der Waals surface area contributed by atoms with Crippen molar-refractivity contribution in [1.82, 2.24) is 0 Å². The van der Waals surface area contributed by atoms with Gasteiger partial charge in [0.2, 0.25) is 0 Å². The highest BCUT2D eigenvalue weighted by Gasteiger charge is 2.42. The monoisotopic (exact) mass is 184 g/mol. The fourth-order valence-corrected chi connectivity index (χ4v) is 0.786. The summed E-state index contributed by atoms with van der Waals surface area (Å²) in [5.41, 5.74) is 0. The molecule has 0 aliphatic carbocycles. The van der Waals surface area contributed by atoms with Crippen LogP contribution in [-0.2, 0) is 4.74 Å². The zero-order valence-corrected chi connectivity index (χ0v) is 5.88. The molecular weight excluding hydrogens is 168 g/mol. The minimum Gasteiger partial charge on any atom is -0.394 e. The van der Waals surface area contributed by atoms with Gasteiger partial charge in [-0.15, -0.1) is 0 Å².